The summed E-state index contributed by atoms with van der Waals surface area (Å²) in [5.41, 5.74) is -0.846. The average molecular weight is 307 g/mol. The number of nitrogens with zero attached hydrogens (tertiary/aromatic N) is 1. The van der Waals surface area contributed by atoms with Gasteiger partial charge in [0.05, 0.1) is 9.99 Å². The van der Waals surface area contributed by atoms with E-state index < -0.39 is 17.7 Å². The Morgan fingerprint density at radius 2 is 2.12 bits per heavy atom. The van der Waals surface area contributed by atoms with Crippen LogP contribution in [0.15, 0.2) is 16.9 Å². The van der Waals surface area contributed by atoms with Gasteiger partial charge < -0.3 is 4.98 Å². The number of aromatic nitrogens is 2. The number of halogens is 4. The summed E-state index contributed by atoms with van der Waals surface area (Å²) in [5, 5.41) is -0.195. The van der Waals surface area contributed by atoms with E-state index in [4.69, 9.17) is 0 Å². The number of alkyl halides is 3. The molecule has 0 aliphatic heterocycles. The Morgan fingerprint density at radius 1 is 1.47 bits per heavy atom. The maximum atomic E-state index is 12.8. The van der Waals surface area contributed by atoms with Gasteiger partial charge >= 0.3 is 6.18 Å². The highest BCUT2D eigenvalue weighted by Gasteiger charge is 2.36. The first-order chi connectivity index (χ1) is 7.82. The number of rotatable bonds is 1. The van der Waals surface area contributed by atoms with Gasteiger partial charge in [-0.15, -0.1) is 0 Å². The molecule has 2 heterocycles. The number of carbonyl (C=O) groups is 1. The van der Waals surface area contributed by atoms with Crippen LogP contribution in [0.5, 0.6) is 0 Å². The van der Waals surface area contributed by atoms with E-state index in [0.29, 0.717) is 4.47 Å². The molecule has 0 radical (unpaired) electrons. The molecule has 1 N–H and O–H groups in total. The zero-order valence-corrected chi connectivity index (χ0v) is 10.1. The number of carbonyl (C=O) groups excluding carboxylic acids is 1. The topological polar surface area (TPSA) is 45.8 Å². The van der Waals surface area contributed by atoms with E-state index in [1.165, 1.54) is 13.1 Å². The highest BCUT2D eigenvalue weighted by molar-refractivity contribution is 9.10. The van der Waals surface area contributed by atoms with Gasteiger partial charge in [0, 0.05) is 23.3 Å². The summed E-state index contributed by atoms with van der Waals surface area (Å²) in [6.45, 7) is 1.21. The molecule has 0 aliphatic carbocycles. The van der Waals surface area contributed by atoms with Crippen LogP contribution in [0.3, 0.4) is 0 Å². The lowest BCUT2D eigenvalue weighted by atomic mass is 10.1. The van der Waals surface area contributed by atoms with Crippen molar-refractivity contribution in [1.82, 2.24) is 9.97 Å². The molecule has 0 atom stereocenters. The lowest BCUT2D eigenvalue weighted by molar-refractivity contribution is -0.139. The van der Waals surface area contributed by atoms with Crippen LogP contribution in [0.25, 0.3) is 10.9 Å². The number of Topliss-reactive ketones (excluding diaryl/α,β-unsaturated/α-hetero) is 1. The van der Waals surface area contributed by atoms with Crippen molar-refractivity contribution in [2.24, 2.45) is 0 Å². The average Bonchev–Trinajstić information content (AvgIpc) is 2.61. The van der Waals surface area contributed by atoms with Crippen molar-refractivity contribution in [1.29, 1.82) is 0 Å². The van der Waals surface area contributed by atoms with Gasteiger partial charge in [-0.25, -0.2) is 4.98 Å². The molecule has 2 aromatic rings. The predicted molar refractivity (Wildman–Crippen MR) is 58.8 cm³/mol. The first-order valence-electron chi connectivity index (χ1n) is 4.56. The third kappa shape index (κ3) is 1.95. The van der Waals surface area contributed by atoms with Gasteiger partial charge in [-0.05, 0) is 22.9 Å². The normalized spacial score (nSPS) is 12.1. The Kier molecular flexibility index (Phi) is 2.73. The molecular formula is C10H6BrF3N2O. The number of nitrogens with one attached hydrogen (secondary N) is 1. The molecule has 90 valence electrons. The quantitative estimate of drug-likeness (QED) is 0.819. The first-order valence-corrected chi connectivity index (χ1v) is 5.35. The van der Waals surface area contributed by atoms with Crippen LogP contribution in [0, 0.1) is 0 Å². The number of hydrogen-bond acceptors (Lipinski definition) is 2. The number of pyridine rings is 1. The summed E-state index contributed by atoms with van der Waals surface area (Å²) >= 11 is 3.09. The van der Waals surface area contributed by atoms with Gasteiger partial charge in [0.15, 0.2) is 11.5 Å². The van der Waals surface area contributed by atoms with Crippen LogP contribution in [-0.4, -0.2) is 15.8 Å². The van der Waals surface area contributed by atoms with Crippen LogP contribution in [0.2, 0.25) is 0 Å². The molecule has 0 unspecified atom stereocenters. The van der Waals surface area contributed by atoms with E-state index in [2.05, 4.69) is 25.9 Å². The molecule has 0 saturated heterocycles. The SMILES string of the molecule is CC(=O)c1c[nH]c2c(Br)cnc(C(F)(F)F)c12. The fraction of sp³-hybridized carbons (Fsp3) is 0.200. The molecule has 0 spiro atoms. The van der Waals surface area contributed by atoms with Crippen molar-refractivity contribution < 1.29 is 18.0 Å². The first kappa shape index (κ1) is 12.1. The second-order valence-electron chi connectivity index (χ2n) is 3.46. The molecule has 0 saturated carbocycles. The Morgan fingerprint density at radius 3 is 2.65 bits per heavy atom. The Bertz CT molecular complexity index is 603. The van der Waals surface area contributed by atoms with Crippen LogP contribution in [0.4, 0.5) is 13.2 Å². The summed E-state index contributed by atoms with van der Waals surface area (Å²) in [7, 11) is 0. The maximum Gasteiger partial charge on any atom is 0.434 e. The second-order valence-corrected chi connectivity index (χ2v) is 4.32. The zero-order valence-electron chi connectivity index (χ0n) is 8.52. The Balaban J connectivity index is 2.90. The Hall–Kier alpha value is -1.37. The molecule has 17 heavy (non-hydrogen) atoms. The molecule has 3 nitrogen and oxygen atoms in total. The van der Waals surface area contributed by atoms with E-state index in [0.717, 1.165) is 6.20 Å². The van der Waals surface area contributed by atoms with Gasteiger partial charge in [-0.1, -0.05) is 0 Å². The molecule has 0 amide bonds. The Labute approximate surface area is 102 Å². The summed E-state index contributed by atoms with van der Waals surface area (Å²) < 4.78 is 38.7. The number of hydrogen-bond donors (Lipinski definition) is 1. The number of fused-ring (bicyclic) bond motifs is 1. The summed E-state index contributed by atoms with van der Waals surface area (Å²) in [4.78, 5) is 17.3. The fourth-order valence-electron chi connectivity index (χ4n) is 1.60. The van der Waals surface area contributed by atoms with Crippen molar-refractivity contribution in [3.05, 3.63) is 28.1 Å². The molecule has 0 aromatic carbocycles. The van der Waals surface area contributed by atoms with Crippen molar-refractivity contribution in [3.8, 4) is 0 Å². The van der Waals surface area contributed by atoms with E-state index in [-0.39, 0.29) is 16.5 Å². The van der Waals surface area contributed by atoms with Gasteiger partial charge in [0.2, 0.25) is 0 Å². The molecular weight excluding hydrogens is 301 g/mol. The molecule has 0 fully saturated rings. The highest BCUT2D eigenvalue weighted by atomic mass is 79.9. The number of ketones is 1. The summed E-state index contributed by atoms with van der Waals surface area (Å²) in [6, 6.07) is 0. The molecule has 2 aromatic heterocycles. The third-order valence-electron chi connectivity index (χ3n) is 2.31. The van der Waals surface area contributed by atoms with E-state index >= 15 is 0 Å². The van der Waals surface area contributed by atoms with Crippen LogP contribution >= 0.6 is 15.9 Å². The number of aromatic amines is 1. The predicted octanol–water partition coefficient (Wildman–Crippen LogP) is 3.55. The van der Waals surface area contributed by atoms with Crippen LogP contribution in [0.1, 0.15) is 23.0 Å². The summed E-state index contributed by atoms with van der Waals surface area (Å²) in [6.07, 6.45) is -2.27. The smallest absolute Gasteiger partial charge is 0.359 e. The number of H-pyrrole nitrogens is 1. The summed E-state index contributed by atoms with van der Waals surface area (Å²) in [5.74, 6) is -0.443. The fourth-order valence-corrected chi connectivity index (χ4v) is 2.02. The van der Waals surface area contributed by atoms with Crippen LogP contribution in [-0.2, 0) is 6.18 Å². The van der Waals surface area contributed by atoms with Crippen LogP contribution < -0.4 is 0 Å². The minimum Gasteiger partial charge on any atom is -0.359 e. The van der Waals surface area contributed by atoms with E-state index in [9.17, 15) is 18.0 Å². The zero-order chi connectivity index (χ0) is 12.8. The van der Waals surface area contributed by atoms with Crippen molar-refractivity contribution in [2.45, 2.75) is 13.1 Å². The monoisotopic (exact) mass is 306 g/mol. The van der Waals surface area contributed by atoms with E-state index in [1.54, 1.807) is 0 Å². The van der Waals surface area contributed by atoms with Gasteiger partial charge in [-0.3, -0.25) is 4.79 Å². The van der Waals surface area contributed by atoms with Gasteiger partial charge in [0.25, 0.3) is 0 Å². The van der Waals surface area contributed by atoms with Crippen molar-refractivity contribution in [2.75, 3.05) is 0 Å². The standard InChI is InChI=1S/C10H6BrF3N2O/c1-4(17)5-2-15-8-6(11)3-16-9(7(5)8)10(12,13)14/h2-3,15H,1H3. The van der Waals surface area contributed by atoms with Gasteiger partial charge in [-0.2, -0.15) is 13.2 Å². The molecule has 2 rings (SSSR count). The van der Waals surface area contributed by atoms with Gasteiger partial charge in [0.1, 0.15) is 0 Å². The molecule has 0 aliphatic rings. The largest absolute Gasteiger partial charge is 0.434 e. The lowest BCUT2D eigenvalue weighted by Crippen LogP contribution is -2.09. The molecule has 7 heteroatoms. The lowest BCUT2D eigenvalue weighted by Gasteiger charge is -2.08. The van der Waals surface area contributed by atoms with Crippen molar-refractivity contribution >= 4 is 32.6 Å². The third-order valence-corrected chi connectivity index (χ3v) is 2.91. The van der Waals surface area contributed by atoms with E-state index in [1.807, 2.05) is 0 Å². The van der Waals surface area contributed by atoms with Crippen molar-refractivity contribution in [3.63, 3.8) is 0 Å². The second kappa shape index (κ2) is 3.83. The minimum atomic E-state index is -4.59. The highest BCUT2D eigenvalue weighted by Crippen LogP contribution is 2.37. The molecule has 0 bridgehead atoms. The minimum absolute atomic E-state index is 0.0128. The maximum absolute atomic E-state index is 12.8.